The van der Waals surface area contributed by atoms with Crippen molar-refractivity contribution in [3.05, 3.63) is 34.3 Å². The fraction of sp³-hybridized carbons (Fsp3) is 0.500. The molecule has 1 unspecified atom stereocenters. The van der Waals surface area contributed by atoms with Crippen molar-refractivity contribution in [3.63, 3.8) is 0 Å². The van der Waals surface area contributed by atoms with E-state index in [-0.39, 0.29) is 11.9 Å². The topological polar surface area (TPSA) is 41.1 Å². The van der Waals surface area contributed by atoms with E-state index in [2.05, 4.69) is 26.6 Å². The first kappa shape index (κ1) is 13.6. The average Bonchev–Trinajstić information content (AvgIpc) is 2.82. The predicted octanol–water partition coefficient (Wildman–Crippen LogP) is 2.77. The fourth-order valence-corrected chi connectivity index (χ4v) is 2.55. The van der Waals surface area contributed by atoms with Gasteiger partial charge in [0.1, 0.15) is 0 Å². The molecule has 0 aromatic heterocycles. The van der Waals surface area contributed by atoms with Crippen molar-refractivity contribution in [1.82, 2.24) is 10.6 Å². The molecule has 0 spiro atoms. The van der Waals surface area contributed by atoms with Crippen molar-refractivity contribution < 1.29 is 4.79 Å². The van der Waals surface area contributed by atoms with Crippen LogP contribution in [0.2, 0.25) is 0 Å². The molecule has 2 atom stereocenters. The molecule has 1 heterocycles. The third kappa shape index (κ3) is 3.82. The van der Waals surface area contributed by atoms with Crippen LogP contribution in [0.5, 0.6) is 0 Å². The summed E-state index contributed by atoms with van der Waals surface area (Å²) in [5, 5.41) is 6.39. The van der Waals surface area contributed by atoms with Crippen molar-refractivity contribution in [2.75, 3.05) is 6.54 Å². The lowest BCUT2D eigenvalue weighted by atomic mass is 10.1. The Morgan fingerprint density at radius 3 is 2.83 bits per heavy atom. The maximum atomic E-state index is 11.9. The van der Waals surface area contributed by atoms with Crippen LogP contribution >= 0.6 is 15.9 Å². The van der Waals surface area contributed by atoms with E-state index >= 15 is 0 Å². The Balaban J connectivity index is 1.84. The minimum absolute atomic E-state index is 0.0620. The number of hydrogen-bond donors (Lipinski definition) is 2. The highest BCUT2D eigenvalue weighted by Crippen LogP contribution is 2.17. The summed E-state index contributed by atoms with van der Waals surface area (Å²) in [6.07, 6.45) is 2.88. The molecule has 18 heavy (non-hydrogen) atoms. The van der Waals surface area contributed by atoms with Gasteiger partial charge in [-0.2, -0.15) is 0 Å². The zero-order chi connectivity index (χ0) is 13.0. The van der Waals surface area contributed by atoms with E-state index in [1.807, 2.05) is 31.2 Å². The van der Waals surface area contributed by atoms with Gasteiger partial charge >= 0.3 is 0 Å². The zero-order valence-electron chi connectivity index (χ0n) is 10.6. The molecule has 0 saturated carbocycles. The van der Waals surface area contributed by atoms with Gasteiger partial charge in [-0.3, -0.25) is 4.79 Å². The van der Waals surface area contributed by atoms with Crippen molar-refractivity contribution in [1.29, 1.82) is 0 Å². The summed E-state index contributed by atoms with van der Waals surface area (Å²) >= 11 is 3.41. The largest absolute Gasteiger partial charge is 0.350 e. The van der Waals surface area contributed by atoms with E-state index < -0.39 is 0 Å². The molecule has 1 amide bonds. The smallest absolute Gasteiger partial charge is 0.222 e. The maximum Gasteiger partial charge on any atom is 0.222 e. The standard InChI is InChI=1S/C14H19BrN2O/c1-10(11-4-6-12(15)7-5-11)17-14(18)9-13-3-2-8-16-13/h4-7,10,13,16H,2-3,8-9H2,1H3,(H,17,18)/t10-,13?/m1/s1. The average molecular weight is 311 g/mol. The Morgan fingerprint density at radius 1 is 1.50 bits per heavy atom. The Hall–Kier alpha value is -0.870. The van der Waals surface area contributed by atoms with Crippen LogP contribution in [0.4, 0.5) is 0 Å². The molecule has 2 N–H and O–H groups in total. The highest BCUT2D eigenvalue weighted by atomic mass is 79.9. The second-order valence-electron chi connectivity index (χ2n) is 4.84. The van der Waals surface area contributed by atoms with E-state index in [4.69, 9.17) is 0 Å². The number of carbonyl (C=O) groups is 1. The van der Waals surface area contributed by atoms with Crippen molar-refractivity contribution in [2.24, 2.45) is 0 Å². The zero-order valence-corrected chi connectivity index (χ0v) is 12.2. The molecule has 1 fully saturated rings. The summed E-state index contributed by atoms with van der Waals surface area (Å²) in [6, 6.07) is 8.48. The van der Waals surface area contributed by atoms with Crippen LogP contribution in [0.3, 0.4) is 0 Å². The molecule has 1 saturated heterocycles. The Bertz CT molecular complexity index is 399. The molecule has 0 radical (unpaired) electrons. The maximum absolute atomic E-state index is 11.9. The van der Waals surface area contributed by atoms with Gasteiger partial charge in [0.15, 0.2) is 0 Å². The second-order valence-corrected chi connectivity index (χ2v) is 5.75. The summed E-state index contributed by atoms with van der Waals surface area (Å²) in [4.78, 5) is 11.9. The lowest BCUT2D eigenvalue weighted by Gasteiger charge is -2.16. The summed E-state index contributed by atoms with van der Waals surface area (Å²) in [5.74, 6) is 0.129. The molecule has 0 aliphatic carbocycles. The number of benzene rings is 1. The number of hydrogen-bond acceptors (Lipinski definition) is 2. The van der Waals surface area contributed by atoms with Crippen molar-refractivity contribution >= 4 is 21.8 Å². The molecule has 0 bridgehead atoms. The molecule has 1 aromatic carbocycles. The highest BCUT2D eigenvalue weighted by Gasteiger charge is 2.18. The molecule has 98 valence electrons. The molecule has 3 nitrogen and oxygen atoms in total. The molecule has 1 aromatic rings. The van der Waals surface area contributed by atoms with E-state index in [1.54, 1.807) is 0 Å². The van der Waals surface area contributed by atoms with Crippen LogP contribution in [0.15, 0.2) is 28.7 Å². The molecular weight excluding hydrogens is 292 g/mol. The van der Waals surface area contributed by atoms with Gasteiger partial charge in [-0.15, -0.1) is 0 Å². The first-order chi connectivity index (χ1) is 8.65. The van der Waals surface area contributed by atoms with E-state index in [9.17, 15) is 4.79 Å². The Kier molecular flexibility index (Phi) is 4.78. The van der Waals surface area contributed by atoms with Gasteiger partial charge in [0.2, 0.25) is 5.91 Å². The van der Waals surface area contributed by atoms with Gasteiger partial charge < -0.3 is 10.6 Å². The lowest BCUT2D eigenvalue weighted by molar-refractivity contribution is -0.122. The van der Waals surface area contributed by atoms with Crippen LogP contribution in [0, 0.1) is 0 Å². The normalized spacial score (nSPS) is 20.7. The van der Waals surface area contributed by atoms with Gasteiger partial charge in [-0.1, -0.05) is 28.1 Å². The number of nitrogens with one attached hydrogen (secondary N) is 2. The molecule has 4 heteroatoms. The third-order valence-electron chi connectivity index (χ3n) is 3.34. The second kappa shape index (κ2) is 6.34. The summed E-state index contributed by atoms with van der Waals surface area (Å²) < 4.78 is 1.06. The number of amides is 1. The van der Waals surface area contributed by atoms with Crippen LogP contribution in [0.1, 0.15) is 37.8 Å². The minimum Gasteiger partial charge on any atom is -0.350 e. The number of carbonyl (C=O) groups excluding carboxylic acids is 1. The highest BCUT2D eigenvalue weighted by molar-refractivity contribution is 9.10. The van der Waals surface area contributed by atoms with Crippen LogP contribution in [-0.4, -0.2) is 18.5 Å². The van der Waals surface area contributed by atoms with E-state index in [1.165, 1.54) is 6.42 Å². The summed E-state index contributed by atoms with van der Waals surface area (Å²) in [7, 11) is 0. The molecule has 1 aliphatic rings. The van der Waals surface area contributed by atoms with Crippen LogP contribution < -0.4 is 10.6 Å². The fourth-order valence-electron chi connectivity index (χ4n) is 2.29. The molecular formula is C14H19BrN2O. The first-order valence-electron chi connectivity index (χ1n) is 6.43. The van der Waals surface area contributed by atoms with E-state index in [0.717, 1.165) is 23.0 Å². The molecule has 2 rings (SSSR count). The van der Waals surface area contributed by atoms with Gasteiger partial charge in [0, 0.05) is 16.9 Å². The van der Waals surface area contributed by atoms with Gasteiger partial charge in [0.05, 0.1) is 6.04 Å². The monoisotopic (exact) mass is 310 g/mol. The first-order valence-corrected chi connectivity index (χ1v) is 7.22. The van der Waals surface area contributed by atoms with Crippen LogP contribution in [-0.2, 0) is 4.79 Å². The Morgan fingerprint density at radius 2 is 2.22 bits per heavy atom. The van der Waals surface area contributed by atoms with Crippen molar-refractivity contribution in [3.8, 4) is 0 Å². The third-order valence-corrected chi connectivity index (χ3v) is 3.87. The molecule has 1 aliphatic heterocycles. The van der Waals surface area contributed by atoms with Gasteiger partial charge in [-0.25, -0.2) is 0 Å². The number of halogens is 1. The van der Waals surface area contributed by atoms with Crippen molar-refractivity contribution in [2.45, 2.75) is 38.3 Å². The van der Waals surface area contributed by atoms with E-state index in [0.29, 0.717) is 12.5 Å². The number of rotatable bonds is 4. The minimum atomic E-state index is 0.0620. The summed E-state index contributed by atoms with van der Waals surface area (Å²) in [6.45, 7) is 3.06. The Labute approximate surface area is 116 Å². The van der Waals surface area contributed by atoms with Gasteiger partial charge in [0.25, 0.3) is 0 Å². The SMILES string of the molecule is C[C@@H](NC(=O)CC1CCCN1)c1ccc(Br)cc1. The summed E-state index contributed by atoms with van der Waals surface area (Å²) in [5.41, 5.74) is 1.13. The predicted molar refractivity (Wildman–Crippen MR) is 76.3 cm³/mol. The van der Waals surface area contributed by atoms with Crippen LogP contribution in [0.25, 0.3) is 0 Å². The lowest BCUT2D eigenvalue weighted by Crippen LogP contribution is -2.33. The quantitative estimate of drug-likeness (QED) is 0.898. The van der Waals surface area contributed by atoms with Gasteiger partial charge in [-0.05, 0) is 44.0 Å².